The minimum absolute atomic E-state index is 0.186. The number of amides is 1. The third-order valence-electron chi connectivity index (χ3n) is 4.75. The molecule has 0 aromatic carbocycles. The van der Waals surface area contributed by atoms with Crippen LogP contribution in [-0.2, 0) is 24.5 Å². The molecule has 3 aromatic rings. The van der Waals surface area contributed by atoms with Crippen LogP contribution in [0.5, 0.6) is 0 Å². The van der Waals surface area contributed by atoms with Gasteiger partial charge in [-0.25, -0.2) is 4.98 Å². The van der Waals surface area contributed by atoms with E-state index in [1.807, 2.05) is 29.9 Å². The predicted octanol–water partition coefficient (Wildman–Crippen LogP) is 4.25. The number of alkyl halides is 3. The number of hydrogen-bond donors (Lipinski definition) is 1. The molecule has 4 rings (SSSR count). The zero-order valence-corrected chi connectivity index (χ0v) is 16.0. The van der Waals surface area contributed by atoms with Crippen molar-refractivity contribution in [1.29, 1.82) is 0 Å². The zero-order chi connectivity index (χ0) is 20.8. The van der Waals surface area contributed by atoms with E-state index >= 15 is 0 Å². The molecule has 3 aromatic heterocycles. The summed E-state index contributed by atoms with van der Waals surface area (Å²) in [5.74, 6) is -0.659. The molecule has 0 bridgehead atoms. The van der Waals surface area contributed by atoms with Gasteiger partial charge in [0.1, 0.15) is 11.3 Å². The Morgan fingerprint density at radius 1 is 1.45 bits per heavy atom. The standard InChI is InChI=1S/C19H16ClF3N4O2/c1-26-6-2-4-12(26)9-24-18(28)15-16(20)27-10-11(14-5-3-7-29-14)8-13(17(27)25-15)19(21,22)23/h2-4,6-8,10,14H,5,9H2,1H3,(H,24,28). The molecule has 6 nitrogen and oxygen atoms in total. The van der Waals surface area contributed by atoms with Crippen LogP contribution in [-0.4, -0.2) is 19.9 Å². The Kier molecular flexibility index (Phi) is 4.77. The Bertz CT molecular complexity index is 1110. The van der Waals surface area contributed by atoms with Crippen LogP contribution in [0.3, 0.4) is 0 Å². The van der Waals surface area contributed by atoms with Crippen molar-refractivity contribution in [3.05, 3.63) is 70.6 Å². The molecule has 152 valence electrons. The van der Waals surface area contributed by atoms with Gasteiger partial charge in [-0.1, -0.05) is 11.6 Å². The molecule has 1 aliphatic heterocycles. The maximum Gasteiger partial charge on any atom is 0.419 e. The first kappa shape index (κ1) is 19.4. The van der Waals surface area contributed by atoms with Crippen molar-refractivity contribution in [3.8, 4) is 0 Å². The maximum absolute atomic E-state index is 13.6. The van der Waals surface area contributed by atoms with Crippen molar-refractivity contribution in [2.24, 2.45) is 7.05 Å². The average Bonchev–Trinajstić information content (AvgIpc) is 3.39. The largest absolute Gasteiger partial charge is 0.493 e. The molecule has 1 atom stereocenters. The van der Waals surface area contributed by atoms with Gasteiger partial charge in [0.25, 0.3) is 5.91 Å². The van der Waals surface area contributed by atoms with Gasteiger partial charge in [0.2, 0.25) is 0 Å². The van der Waals surface area contributed by atoms with Crippen LogP contribution in [0.15, 0.2) is 42.9 Å². The van der Waals surface area contributed by atoms with Gasteiger partial charge >= 0.3 is 6.18 Å². The smallest absolute Gasteiger partial charge is 0.419 e. The second-order valence-electron chi connectivity index (χ2n) is 6.66. The molecule has 0 saturated carbocycles. The summed E-state index contributed by atoms with van der Waals surface area (Å²) < 4.78 is 49.2. The lowest BCUT2D eigenvalue weighted by Crippen LogP contribution is -2.24. The summed E-state index contributed by atoms with van der Waals surface area (Å²) >= 11 is 6.26. The van der Waals surface area contributed by atoms with Crippen LogP contribution in [0.25, 0.3) is 5.65 Å². The Balaban J connectivity index is 1.73. The number of aryl methyl sites for hydroxylation is 1. The van der Waals surface area contributed by atoms with E-state index in [9.17, 15) is 18.0 Å². The molecule has 10 heteroatoms. The highest BCUT2D eigenvalue weighted by Gasteiger charge is 2.37. The van der Waals surface area contributed by atoms with Crippen LogP contribution in [0.2, 0.25) is 5.15 Å². The van der Waals surface area contributed by atoms with Crippen molar-refractivity contribution in [1.82, 2.24) is 19.3 Å². The van der Waals surface area contributed by atoms with Crippen LogP contribution in [0, 0.1) is 0 Å². The number of nitrogens with one attached hydrogen (secondary N) is 1. The summed E-state index contributed by atoms with van der Waals surface area (Å²) in [6.45, 7) is 0.186. The zero-order valence-electron chi connectivity index (χ0n) is 15.2. The van der Waals surface area contributed by atoms with Gasteiger partial charge in [-0.15, -0.1) is 0 Å². The van der Waals surface area contributed by atoms with Crippen LogP contribution < -0.4 is 5.32 Å². The number of imidazole rings is 1. The van der Waals surface area contributed by atoms with Crippen LogP contribution >= 0.6 is 11.6 Å². The Hall–Kier alpha value is -2.94. The van der Waals surface area contributed by atoms with Crippen molar-refractivity contribution < 1.29 is 22.7 Å². The molecule has 1 amide bonds. The molecular weight excluding hydrogens is 409 g/mol. The van der Waals surface area contributed by atoms with E-state index < -0.39 is 29.4 Å². The Morgan fingerprint density at radius 3 is 2.86 bits per heavy atom. The lowest BCUT2D eigenvalue weighted by molar-refractivity contribution is -0.136. The van der Waals surface area contributed by atoms with Crippen LogP contribution in [0.4, 0.5) is 13.2 Å². The van der Waals surface area contributed by atoms with E-state index in [-0.39, 0.29) is 17.4 Å². The van der Waals surface area contributed by atoms with Gasteiger partial charge in [0.15, 0.2) is 11.3 Å². The molecular formula is C19H16ClF3N4O2. The molecule has 29 heavy (non-hydrogen) atoms. The SMILES string of the molecule is Cn1cccc1CNC(=O)c1nc2c(C(F)(F)F)cc(C3CC=CO3)cn2c1Cl. The molecule has 0 saturated heterocycles. The lowest BCUT2D eigenvalue weighted by atomic mass is 10.1. The second-order valence-corrected chi connectivity index (χ2v) is 7.01. The molecule has 1 aliphatic rings. The van der Waals surface area contributed by atoms with E-state index in [4.69, 9.17) is 16.3 Å². The van der Waals surface area contributed by atoms with E-state index in [0.29, 0.717) is 12.0 Å². The summed E-state index contributed by atoms with van der Waals surface area (Å²) in [7, 11) is 1.82. The van der Waals surface area contributed by atoms with E-state index in [0.717, 1.165) is 16.2 Å². The molecule has 0 radical (unpaired) electrons. The Labute approximate surface area is 168 Å². The molecule has 0 aliphatic carbocycles. The van der Waals surface area contributed by atoms with Gasteiger partial charge in [0.05, 0.1) is 18.4 Å². The highest BCUT2D eigenvalue weighted by Crippen LogP contribution is 2.37. The minimum Gasteiger partial charge on any atom is -0.493 e. The summed E-state index contributed by atoms with van der Waals surface area (Å²) in [6.07, 6.45) is 1.63. The number of hydrogen-bond acceptors (Lipinski definition) is 3. The number of carbonyl (C=O) groups is 1. The van der Waals surface area contributed by atoms with Crippen molar-refractivity contribution in [3.63, 3.8) is 0 Å². The third kappa shape index (κ3) is 3.57. The van der Waals surface area contributed by atoms with Crippen LogP contribution in [0.1, 0.15) is 39.8 Å². The van der Waals surface area contributed by atoms with Crippen molar-refractivity contribution >= 4 is 23.2 Å². The number of rotatable bonds is 4. The second kappa shape index (κ2) is 7.14. The van der Waals surface area contributed by atoms with Gasteiger partial charge < -0.3 is 14.6 Å². The number of ether oxygens (including phenoxy) is 1. The Morgan fingerprint density at radius 2 is 2.24 bits per heavy atom. The highest BCUT2D eigenvalue weighted by atomic mass is 35.5. The average molecular weight is 425 g/mol. The molecule has 4 heterocycles. The maximum atomic E-state index is 13.6. The fourth-order valence-electron chi connectivity index (χ4n) is 3.20. The molecule has 1 N–H and O–H groups in total. The highest BCUT2D eigenvalue weighted by molar-refractivity contribution is 6.33. The van der Waals surface area contributed by atoms with Gasteiger partial charge in [-0.05, 0) is 24.3 Å². The number of carbonyl (C=O) groups excluding carboxylic acids is 1. The summed E-state index contributed by atoms with van der Waals surface area (Å²) in [5, 5.41) is 2.44. The number of aromatic nitrogens is 3. The first-order chi connectivity index (χ1) is 13.8. The summed E-state index contributed by atoms with van der Waals surface area (Å²) in [4.78, 5) is 16.5. The van der Waals surface area contributed by atoms with Crippen molar-refractivity contribution in [2.45, 2.75) is 25.2 Å². The topological polar surface area (TPSA) is 60.6 Å². The van der Waals surface area contributed by atoms with E-state index in [1.165, 1.54) is 12.5 Å². The number of halogens is 4. The molecule has 0 spiro atoms. The fourth-order valence-corrected chi connectivity index (χ4v) is 3.46. The number of nitrogens with zero attached hydrogens (tertiary/aromatic N) is 3. The van der Waals surface area contributed by atoms with Crippen molar-refractivity contribution in [2.75, 3.05) is 0 Å². The molecule has 1 unspecified atom stereocenters. The fraction of sp³-hybridized carbons (Fsp3) is 0.263. The van der Waals surface area contributed by atoms with Gasteiger partial charge in [-0.3, -0.25) is 9.20 Å². The van der Waals surface area contributed by atoms with Gasteiger partial charge in [-0.2, -0.15) is 13.2 Å². The lowest BCUT2D eigenvalue weighted by Gasteiger charge is -2.15. The summed E-state index contributed by atoms with van der Waals surface area (Å²) in [5.41, 5.74) is -0.559. The monoisotopic (exact) mass is 424 g/mol. The minimum atomic E-state index is -4.67. The van der Waals surface area contributed by atoms with E-state index in [2.05, 4.69) is 10.3 Å². The number of pyridine rings is 1. The molecule has 0 fully saturated rings. The number of fused-ring (bicyclic) bond motifs is 1. The predicted molar refractivity (Wildman–Crippen MR) is 99.4 cm³/mol. The van der Waals surface area contributed by atoms with E-state index in [1.54, 1.807) is 6.08 Å². The van der Waals surface area contributed by atoms with Gasteiger partial charge in [0, 0.05) is 37.1 Å². The first-order valence-corrected chi connectivity index (χ1v) is 9.11. The quantitative estimate of drug-likeness (QED) is 0.681. The first-order valence-electron chi connectivity index (χ1n) is 8.73. The summed E-state index contributed by atoms with van der Waals surface area (Å²) in [6, 6.07) is 4.62. The normalized spacial score (nSPS) is 16.4. The third-order valence-corrected chi connectivity index (χ3v) is 5.11.